The van der Waals surface area contributed by atoms with E-state index >= 15 is 0 Å². The Hall–Kier alpha value is -2.23. The molecule has 2 aliphatic carbocycles. The zero-order valence-electron chi connectivity index (χ0n) is 16.1. The standard InChI is InChI=1S/C22H26N6/c23-9-15-1-2-18(20-19(15)25-5-6-26-20)28-11-16(22(14-28)3-4-22)10-27-12-21(13-27)7-17(24)8-21/h1-2,5-6,16-17H,3-4,7-8,10-14,24H2. The van der Waals surface area contributed by atoms with Crippen molar-refractivity contribution in [2.24, 2.45) is 22.5 Å². The van der Waals surface area contributed by atoms with E-state index in [4.69, 9.17) is 5.73 Å². The van der Waals surface area contributed by atoms with E-state index in [9.17, 15) is 5.26 Å². The summed E-state index contributed by atoms with van der Waals surface area (Å²) in [6, 6.07) is 6.67. The van der Waals surface area contributed by atoms with E-state index in [1.54, 1.807) is 12.4 Å². The summed E-state index contributed by atoms with van der Waals surface area (Å²) in [5.41, 5.74) is 10.4. The maximum atomic E-state index is 9.40. The highest BCUT2D eigenvalue weighted by atomic mass is 15.3. The second-order valence-electron chi connectivity index (χ2n) is 9.78. The van der Waals surface area contributed by atoms with Gasteiger partial charge < -0.3 is 15.5 Å². The molecule has 2 N–H and O–H groups in total. The number of hydrogen-bond donors (Lipinski definition) is 1. The first-order chi connectivity index (χ1) is 13.6. The zero-order valence-corrected chi connectivity index (χ0v) is 16.1. The molecule has 4 aliphatic rings. The van der Waals surface area contributed by atoms with Crippen LogP contribution in [0.4, 0.5) is 5.69 Å². The highest BCUT2D eigenvalue weighted by Crippen LogP contribution is 2.58. The summed E-state index contributed by atoms with van der Waals surface area (Å²) in [7, 11) is 0. The Labute approximate surface area is 165 Å². The molecule has 3 heterocycles. The van der Waals surface area contributed by atoms with E-state index in [0.717, 1.165) is 35.7 Å². The molecule has 2 saturated carbocycles. The van der Waals surface area contributed by atoms with E-state index in [1.807, 2.05) is 6.07 Å². The molecule has 1 aromatic carbocycles. The topological polar surface area (TPSA) is 82.1 Å². The molecule has 1 unspecified atom stereocenters. The van der Waals surface area contributed by atoms with Gasteiger partial charge in [-0.2, -0.15) is 5.26 Å². The molecule has 0 radical (unpaired) electrons. The number of nitrogens with zero attached hydrogens (tertiary/aromatic N) is 5. The third-order valence-electron chi connectivity index (χ3n) is 7.76. The first-order valence-corrected chi connectivity index (χ1v) is 10.5. The molecule has 1 atom stereocenters. The predicted molar refractivity (Wildman–Crippen MR) is 108 cm³/mol. The molecule has 2 aromatic rings. The quantitative estimate of drug-likeness (QED) is 0.886. The number of rotatable bonds is 3. The summed E-state index contributed by atoms with van der Waals surface area (Å²) < 4.78 is 0. The summed E-state index contributed by atoms with van der Waals surface area (Å²) in [6.07, 6.45) is 8.54. The Morgan fingerprint density at radius 3 is 2.54 bits per heavy atom. The molecule has 144 valence electrons. The van der Waals surface area contributed by atoms with Crippen LogP contribution in [0.1, 0.15) is 31.2 Å². The van der Waals surface area contributed by atoms with Crippen molar-refractivity contribution < 1.29 is 0 Å². The first-order valence-electron chi connectivity index (χ1n) is 10.5. The Morgan fingerprint density at radius 1 is 1.11 bits per heavy atom. The molecule has 6 rings (SSSR count). The SMILES string of the molecule is N#Cc1ccc(N2CC(CN3CC4(CC(N)C4)C3)C3(CC3)C2)c2nccnc12. The second-order valence-corrected chi connectivity index (χ2v) is 9.78. The maximum absolute atomic E-state index is 9.40. The van der Waals surface area contributed by atoms with Crippen LogP contribution in [0.3, 0.4) is 0 Å². The van der Waals surface area contributed by atoms with Crippen LogP contribution in [0, 0.1) is 28.1 Å². The van der Waals surface area contributed by atoms with Crippen molar-refractivity contribution in [1.29, 1.82) is 5.26 Å². The summed E-state index contributed by atoms with van der Waals surface area (Å²) in [6.45, 7) is 5.91. The van der Waals surface area contributed by atoms with Crippen LogP contribution in [-0.4, -0.2) is 53.6 Å². The molecule has 0 amide bonds. The molecule has 6 heteroatoms. The number of likely N-dealkylation sites (tertiary alicyclic amines) is 1. The lowest BCUT2D eigenvalue weighted by Crippen LogP contribution is -2.66. The largest absolute Gasteiger partial charge is 0.369 e. The van der Waals surface area contributed by atoms with Crippen molar-refractivity contribution in [1.82, 2.24) is 14.9 Å². The molecular weight excluding hydrogens is 348 g/mol. The van der Waals surface area contributed by atoms with Crippen LogP contribution >= 0.6 is 0 Å². The van der Waals surface area contributed by atoms with E-state index < -0.39 is 0 Å². The normalized spacial score (nSPS) is 27.7. The van der Waals surface area contributed by atoms with Gasteiger partial charge >= 0.3 is 0 Å². The highest BCUT2D eigenvalue weighted by molar-refractivity contribution is 5.92. The van der Waals surface area contributed by atoms with E-state index in [-0.39, 0.29) is 0 Å². The van der Waals surface area contributed by atoms with Crippen LogP contribution in [0.2, 0.25) is 0 Å². The third-order valence-corrected chi connectivity index (χ3v) is 7.76. The predicted octanol–water partition coefficient (Wildman–Crippen LogP) is 2.14. The van der Waals surface area contributed by atoms with Gasteiger partial charge in [-0.1, -0.05) is 0 Å². The average molecular weight is 374 g/mol. The van der Waals surface area contributed by atoms with Gasteiger partial charge in [-0.15, -0.1) is 0 Å². The molecule has 1 aromatic heterocycles. The molecular formula is C22H26N6. The summed E-state index contributed by atoms with van der Waals surface area (Å²) in [5, 5.41) is 9.40. The fourth-order valence-corrected chi connectivity index (χ4v) is 6.24. The van der Waals surface area contributed by atoms with Crippen molar-refractivity contribution in [3.63, 3.8) is 0 Å². The molecule has 6 nitrogen and oxygen atoms in total. The Kier molecular flexibility index (Phi) is 3.37. The fourth-order valence-electron chi connectivity index (χ4n) is 6.24. The summed E-state index contributed by atoms with van der Waals surface area (Å²) in [4.78, 5) is 14.2. The van der Waals surface area contributed by atoms with Crippen molar-refractivity contribution in [3.8, 4) is 6.07 Å². The van der Waals surface area contributed by atoms with Crippen LogP contribution < -0.4 is 10.6 Å². The molecule has 2 aliphatic heterocycles. The smallest absolute Gasteiger partial charge is 0.113 e. The molecule has 0 bridgehead atoms. The lowest BCUT2D eigenvalue weighted by Gasteiger charge is -2.59. The number of hydrogen-bond acceptors (Lipinski definition) is 6. The lowest BCUT2D eigenvalue weighted by atomic mass is 9.61. The number of aromatic nitrogens is 2. The van der Waals surface area contributed by atoms with Gasteiger partial charge in [-0.3, -0.25) is 9.97 Å². The Bertz CT molecular complexity index is 976. The number of fused-ring (bicyclic) bond motifs is 1. The average Bonchev–Trinajstić information content (AvgIpc) is 3.34. The number of anilines is 1. The van der Waals surface area contributed by atoms with E-state index in [0.29, 0.717) is 22.4 Å². The van der Waals surface area contributed by atoms with Gasteiger partial charge in [-0.05, 0) is 54.6 Å². The molecule has 2 spiro atoms. The van der Waals surface area contributed by atoms with Gasteiger partial charge in [0.2, 0.25) is 0 Å². The molecule has 4 fully saturated rings. The molecule has 2 saturated heterocycles. The molecule has 28 heavy (non-hydrogen) atoms. The first kappa shape index (κ1) is 16.7. The minimum atomic E-state index is 0.449. The van der Waals surface area contributed by atoms with E-state index in [1.165, 1.54) is 45.3 Å². The van der Waals surface area contributed by atoms with Crippen LogP contribution in [0.5, 0.6) is 0 Å². The zero-order chi connectivity index (χ0) is 18.9. The van der Waals surface area contributed by atoms with Crippen LogP contribution in [0.15, 0.2) is 24.5 Å². The second kappa shape index (κ2) is 5.65. The number of nitriles is 1. The van der Waals surface area contributed by atoms with Gasteiger partial charge in [-0.25, -0.2) is 0 Å². The minimum absolute atomic E-state index is 0.449. The Morgan fingerprint density at radius 2 is 1.86 bits per heavy atom. The van der Waals surface area contributed by atoms with Crippen molar-refractivity contribution in [3.05, 3.63) is 30.1 Å². The van der Waals surface area contributed by atoms with Gasteiger partial charge in [0.1, 0.15) is 17.1 Å². The van der Waals surface area contributed by atoms with Crippen LogP contribution in [0.25, 0.3) is 11.0 Å². The van der Waals surface area contributed by atoms with Crippen molar-refractivity contribution in [2.45, 2.75) is 31.7 Å². The van der Waals surface area contributed by atoms with E-state index in [2.05, 4.69) is 31.9 Å². The third kappa shape index (κ3) is 2.39. The van der Waals surface area contributed by atoms with Crippen molar-refractivity contribution >= 4 is 16.7 Å². The van der Waals surface area contributed by atoms with Crippen molar-refractivity contribution in [2.75, 3.05) is 37.6 Å². The van der Waals surface area contributed by atoms with Gasteiger partial charge in [0.05, 0.1) is 11.3 Å². The fraction of sp³-hybridized carbons (Fsp3) is 0.591. The monoisotopic (exact) mass is 374 g/mol. The summed E-state index contributed by atoms with van der Waals surface area (Å²) in [5.74, 6) is 0.723. The minimum Gasteiger partial charge on any atom is -0.369 e. The van der Waals surface area contributed by atoms with Gasteiger partial charge in [0.15, 0.2) is 0 Å². The van der Waals surface area contributed by atoms with Crippen LogP contribution in [-0.2, 0) is 0 Å². The maximum Gasteiger partial charge on any atom is 0.113 e. The van der Waals surface area contributed by atoms with Gasteiger partial charge in [0.25, 0.3) is 0 Å². The lowest BCUT2D eigenvalue weighted by molar-refractivity contribution is -0.0786. The number of benzene rings is 1. The van der Waals surface area contributed by atoms with Gasteiger partial charge in [0, 0.05) is 51.2 Å². The Balaban J connectivity index is 1.22. The highest BCUT2D eigenvalue weighted by Gasteiger charge is 2.57. The number of nitrogens with two attached hydrogens (primary N) is 1. The summed E-state index contributed by atoms with van der Waals surface area (Å²) >= 11 is 0.